The Morgan fingerprint density at radius 2 is 0.797 bits per heavy atom. The highest BCUT2D eigenvalue weighted by Crippen LogP contribution is 2.37. The number of hydrogen-bond donors (Lipinski definition) is 8. The van der Waals surface area contributed by atoms with Crippen molar-refractivity contribution < 1.29 is 20.1 Å². The highest BCUT2D eigenvalue weighted by Gasteiger charge is 2.26. The molecule has 3 unspecified atom stereocenters. The van der Waals surface area contributed by atoms with Crippen LogP contribution >= 0.6 is 0 Å². The molecule has 123 heavy (non-hydrogen) atoms. The largest absolute Gasteiger partial charge is 0.394 e. The minimum Gasteiger partial charge on any atom is -0.394 e. The van der Waals surface area contributed by atoms with Crippen molar-refractivity contribution in [1.82, 2.24) is 123 Å². The minimum atomic E-state index is -0.895. The number of aromatic nitrogens is 24. The summed E-state index contributed by atoms with van der Waals surface area (Å²) in [4.78, 5) is 38.0. The van der Waals surface area contributed by atoms with Gasteiger partial charge in [0.1, 0.15) is 23.3 Å². The van der Waals surface area contributed by atoms with Crippen molar-refractivity contribution in [3.05, 3.63) is 221 Å². The van der Waals surface area contributed by atoms with Gasteiger partial charge in [0.05, 0.1) is 96.2 Å². The Morgan fingerprint density at radius 3 is 1.16 bits per heavy atom. The summed E-state index contributed by atoms with van der Waals surface area (Å²) in [6, 6.07) is 39.0. The summed E-state index contributed by atoms with van der Waals surface area (Å²) in [6.45, 7) is 3.98. The summed E-state index contributed by atoms with van der Waals surface area (Å²) >= 11 is 0. The van der Waals surface area contributed by atoms with Crippen molar-refractivity contribution in [2.24, 2.45) is 62.3 Å². The average molecular weight is 1650 g/mol. The Kier molecular flexibility index (Phi) is 25.6. The van der Waals surface area contributed by atoms with Crippen molar-refractivity contribution in [3.8, 4) is 135 Å². The molecule has 33 nitrogen and oxygen atoms in total. The molecule has 33 heteroatoms. The van der Waals surface area contributed by atoms with E-state index in [0.717, 1.165) is 183 Å². The fourth-order valence-corrected chi connectivity index (χ4v) is 15.0. The first-order valence-electron chi connectivity index (χ1n) is 41.0. The van der Waals surface area contributed by atoms with Crippen molar-refractivity contribution in [2.75, 3.05) is 67.3 Å². The molecule has 12 aromatic heterocycles. The van der Waals surface area contributed by atoms with Gasteiger partial charge in [-0.05, 0) is 109 Å². The Bertz CT molecular complexity index is 6050. The molecule has 5 atom stereocenters. The molecular weight excluding hydrogens is 1550 g/mol. The van der Waals surface area contributed by atoms with Gasteiger partial charge in [0.25, 0.3) is 0 Å². The number of nitrogens with zero attached hydrogens (tertiary/aromatic N) is 24. The molecule has 1 saturated carbocycles. The predicted molar refractivity (Wildman–Crippen MR) is 473 cm³/mol. The Morgan fingerprint density at radius 1 is 0.415 bits per heavy atom. The summed E-state index contributed by atoms with van der Waals surface area (Å²) < 4.78 is 19.7. The van der Waals surface area contributed by atoms with Crippen LogP contribution in [-0.4, -0.2) is 204 Å². The van der Waals surface area contributed by atoms with Crippen LogP contribution in [0.3, 0.4) is 0 Å². The average Bonchev–Trinajstić information content (AvgIpc) is 1.80. The van der Waals surface area contributed by atoms with Crippen LogP contribution in [0.15, 0.2) is 221 Å². The lowest BCUT2D eigenvalue weighted by molar-refractivity contribution is 0.104. The summed E-state index contributed by atoms with van der Waals surface area (Å²) in [5.41, 5.74) is 19.0. The van der Waals surface area contributed by atoms with Gasteiger partial charge in [-0.1, -0.05) is 79.2 Å². The van der Waals surface area contributed by atoms with E-state index in [1.807, 2.05) is 234 Å². The molecule has 8 N–H and O–H groups in total. The van der Waals surface area contributed by atoms with Crippen LogP contribution in [0.2, 0.25) is 0 Å². The first kappa shape index (κ1) is 82.6. The lowest BCUT2D eigenvalue weighted by Crippen LogP contribution is -2.25. The van der Waals surface area contributed by atoms with E-state index in [4.69, 9.17) is 24.8 Å². The number of aliphatic hydroxyl groups is 3. The van der Waals surface area contributed by atoms with Crippen molar-refractivity contribution in [1.29, 1.82) is 0 Å². The number of nitrogens with one attached hydrogen (secondary N) is 5. The van der Waals surface area contributed by atoms with Crippen molar-refractivity contribution in [3.63, 3.8) is 0 Å². The lowest BCUT2D eigenvalue weighted by Gasteiger charge is -2.26. The molecule has 628 valence electrons. The van der Waals surface area contributed by atoms with Crippen LogP contribution in [0, 0.1) is 5.92 Å². The zero-order chi connectivity index (χ0) is 84.9. The van der Waals surface area contributed by atoms with Crippen molar-refractivity contribution >= 4 is 23.3 Å². The molecule has 0 amide bonds. The van der Waals surface area contributed by atoms with Crippen LogP contribution in [0.5, 0.6) is 0 Å². The second kappa shape index (κ2) is 38.1. The van der Waals surface area contributed by atoms with E-state index < -0.39 is 6.10 Å². The van der Waals surface area contributed by atoms with E-state index in [1.165, 1.54) is 0 Å². The monoisotopic (exact) mass is 1650 g/mol. The van der Waals surface area contributed by atoms with Gasteiger partial charge in [0, 0.05) is 219 Å². The molecular formula is C90H99N29O4. The summed E-state index contributed by atoms with van der Waals surface area (Å²) in [5, 5.41) is 81.0. The Balaban J connectivity index is 0.000000122. The van der Waals surface area contributed by atoms with E-state index in [1.54, 1.807) is 43.7 Å². The molecule has 3 fully saturated rings. The predicted octanol–water partition coefficient (Wildman–Crippen LogP) is 11.5. The summed E-state index contributed by atoms with van der Waals surface area (Å²) in [7, 11) is 15.2. The van der Waals surface area contributed by atoms with E-state index in [2.05, 4.69) is 129 Å². The maximum atomic E-state index is 10.1. The molecule has 2 aliphatic heterocycles. The molecule has 2 saturated heterocycles. The van der Waals surface area contributed by atoms with Crippen LogP contribution in [0.1, 0.15) is 38.5 Å². The number of ether oxygens (including phenoxy) is 1. The highest BCUT2D eigenvalue weighted by atomic mass is 16.5. The molecule has 1 aliphatic carbocycles. The van der Waals surface area contributed by atoms with Gasteiger partial charge in [0.15, 0.2) is 23.3 Å². The molecule has 16 aromatic rings. The fraction of sp³-hybridized carbons (Fsp3) is 0.289. The van der Waals surface area contributed by atoms with Gasteiger partial charge in [-0.25, -0.2) is 39.9 Å². The first-order chi connectivity index (χ1) is 59.9. The molecule has 19 rings (SSSR count). The lowest BCUT2D eigenvalue weighted by atomic mass is 9.87. The van der Waals surface area contributed by atoms with Crippen LogP contribution in [0.4, 0.5) is 23.3 Å². The quantitative estimate of drug-likeness (QED) is 0.0295. The van der Waals surface area contributed by atoms with Crippen LogP contribution in [-0.2, 0) is 61.1 Å². The van der Waals surface area contributed by atoms with E-state index in [-0.39, 0.29) is 25.3 Å². The number of rotatable bonds is 23. The molecule has 0 bridgehead atoms. The number of benzene rings is 4. The summed E-state index contributed by atoms with van der Waals surface area (Å²) in [6.07, 6.45) is 37.0. The topological polar surface area (TPSA) is 376 Å². The zero-order valence-electron chi connectivity index (χ0n) is 69.8. The van der Waals surface area contributed by atoms with Gasteiger partial charge in [-0.3, -0.25) is 37.5 Å². The summed E-state index contributed by atoms with van der Waals surface area (Å²) in [5.74, 6) is 5.92. The van der Waals surface area contributed by atoms with Gasteiger partial charge in [0.2, 0.25) is 0 Å². The van der Waals surface area contributed by atoms with E-state index in [0.29, 0.717) is 58.9 Å². The molecule has 0 radical (unpaired) electrons. The maximum absolute atomic E-state index is 10.1. The van der Waals surface area contributed by atoms with Gasteiger partial charge < -0.3 is 46.6 Å². The van der Waals surface area contributed by atoms with Crippen LogP contribution in [0.25, 0.3) is 135 Å². The molecule has 0 spiro atoms. The molecule has 14 heterocycles. The molecule has 3 aliphatic rings. The number of anilines is 4. The number of aryl methyl sites for hydroxylation is 8. The first-order valence-corrected chi connectivity index (χ1v) is 41.0. The third kappa shape index (κ3) is 20.7. The SMILES string of the molecule is Cn1cc(-c2cccc(-c3ncc(-c4ccn(C)n4)c(NC4CCOC4)n3)c2)cn1.Cn1cc(-c2cccc(-c3ncc(-c4ccn(C)n4)c(NCC4CCCC(O)C4)n3)c2)cn1.Cn1cc(-c2cccc(-c3ncc(-c4ccn(C)n4)c(NC[C@H](O)CO)n3)c2)cn1.Cn1cc(-c2cccc(-c3ncc(-c4cnn(C)c4)c(N[C@H]4CCNC4)n3)c2)cn1. The third-order valence-electron chi connectivity index (χ3n) is 21.5. The second-order valence-electron chi connectivity index (χ2n) is 31.1. The van der Waals surface area contributed by atoms with E-state index in [9.17, 15) is 10.2 Å². The van der Waals surface area contributed by atoms with Crippen molar-refractivity contribution in [2.45, 2.75) is 62.8 Å². The third-order valence-corrected chi connectivity index (χ3v) is 21.5. The normalized spacial score (nSPS) is 15.8. The smallest absolute Gasteiger partial charge is 0.161 e. The Labute approximate surface area is 711 Å². The van der Waals surface area contributed by atoms with Crippen LogP contribution < -0.4 is 26.6 Å². The number of hydrogen-bond acceptors (Lipinski definition) is 25. The molecule has 4 aromatic carbocycles. The second-order valence-corrected chi connectivity index (χ2v) is 31.1. The van der Waals surface area contributed by atoms with Gasteiger partial charge in [-0.2, -0.15) is 40.8 Å². The minimum absolute atomic E-state index is 0.155. The fourth-order valence-electron chi connectivity index (χ4n) is 15.0. The van der Waals surface area contributed by atoms with Gasteiger partial charge in [-0.15, -0.1) is 0 Å². The highest BCUT2D eigenvalue weighted by molar-refractivity contribution is 5.81. The number of aliphatic hydroxyl groups excluding tert-OH is 3. The maximum Gasteiger partial charge on any atom is 0.161 e. The van der Waals surface area contributed by atoms with Gasteiger partial charge >= 0.3 is 0 Å². The zero-order valence-corrected chi connectivity index (χ0v) is 69.8. The van der Waals surface area contributed by atoms with E-state index >= 15 is 0 Å². The standard InChI is InChI=1S/C25H29N7O.C22H24N8.C22H23N7O.C21H23N7O2/c1-31-10-9-23(30-31)22-15-27-24(29-25(22)26-13-17-5-3-8-21(33)11-17)19-7-4-6-18(12-19)20-14-28-32(2)16-20;1-29-13-17(9-25-29)15-4-3-5-16(8-15)21-24-12-20(18-10-26-30(2)14-18)22(28-21)27-19-6-7-23-11-19;1-28-8-6-20(27-28)19-12-23-21(26-22(19)25-18-7-9-30-14-18)16-5-3-4-15(10-16)17-11-24-29(2)13-17;1-27-7-6-19(26-27)18-11-23-20(25-21(18)22-10-17(30)13-29)15-5-3-4-14(8-15)16-9-24-28(2)12-16/h4,6-7,9-10,12,14-17,21,33H,3,5,8,11,13H2,1-2H3,(H,26,27,29);3-5,8-10,12-14,19,23H,6-7,11H2,1-2H3,(H,24,27,28);3-6,8,10-13,18H,7,9,14H2,1-2H3,(H,23,25,26);3-9,11-12,17,29-30H,10,13H2,1-2H3,(H,22,23,25)/t;19-;;17-/m.0.0/s1. The Hall–Kier alpha value is -14.1.